The van der Waals surface area contributed by atoms with Crippen molar-refractivity contribution in [1.82, 2.24) is 14.8 Å². The number of anilines is 2. The fourth-order valence-corrected chi connectivity index (χ4v) is 5.45. The fraction of sp³-hybridized carbons (Fsp3) is 0.686. The topological polar surface area (TPSA) is 25.9 Å². The second-order valence-corrected chi connectivity index (χ2v) is 15.8. The van der Waals surface area contributed by atoms with E-state index in [1.807, 2.05) is 12.4 Å². The van der Waals surface area contributed by atoms with Gasteiger partial charge in [-0.2, -0.15) is 0 Å². The summed E-state index contributed by atoms with van der Waals surface area (Å²) in [5, 5.41) is 0. The number of hydrogen-bond donors (Lipinski definition) is 0. The van der Waals surface area contributed by atoms with Crippen molar-refractivity contribution in [3.05, 3.63) is 53.9 Å². The zero-order valence-corrected chi connectivity index (χ0v) is 27.9. The second-order valence-electron chi connectivity index (χ2n) is 15.8. The Morgan fingerprint density at radius 3 is 1.35 bits per heavy atom. The smallest absolute Gasteiger partial charge is 0.0556 e. The zero-order valence-electron chi connectivity index (χ0n) is 27.9. The Hall–Kier alpha value is -2.11. The van der Waals surface area contributed by atoms with Gasteiger partial charge in [-0.1, -0.05) is 53.7 Å². The standard InChI is InChI=1S/C18H30N2.C17H29N3/c1-17(2,3)15-8-7-9-16(14-15)19-10-12-20(13-11-19)18(4,5)6;1-16(2,3)14-11-15(13-18-12-14)19-7-9-20(10-8-19)17(4,5)6/h7-9,14H,10-13H2,1-6H3;11-13H,7-10H2,1-6H3. The van der Waals surface area contributed by atoms with E-state index in [9.17, 15) is 0 Å². The molecule has 0 amide bonds. The number of aromatic nitrogens is 1. The van der Waals surface area contributed by atoms with Gasteiger partial charge in [-0.3, -0.25) is 14.8 Å². The third-order valence-electron chi connectivity index (χ3n) is 8.49. The van der Waals surface area contributed by atoms with E-state index in [4.69, 9.17) is 0 Å². The van der Waals surface area contributed by atoms with Gasteiger partial charge in [-0.25, -0.2) is 0 Å². The van der Waals surface area contributed by atoms with Gasteiger partial charge in [0.05, 0.1) is 11.9 Å². The number of pyridine rings is 1. The highest BCUT2D eigenvalue weighted by Crippen LogP contribution is 2.28. The molecule has 5 nitrogen and oxygen atoms in total. The number of piperazine rings is 2. The van der Waals surface area contributed by atoms with Crippen LogP contribution in [0.5, 0.6) is 0 Å². The van der Waals surface area contributed by atoms with E-state index < -0.39 is 0 Å². The fourth-order valence-electron chi connectivity index (χ4n) is 5.45. The second kappa shape index (κ2) is 12.4. The first kappa shape index (κ1) is 32.4. The van der Waals surface area contributed by atoms with Gasteiger partial charge in [0.2, 0.25) is 0 Å². The Bertz CT molecular complexity index is 977. The largest absolute Gasteiger partial charge is 0.369 e. The Balaban J connectivity index is 0.000000220. The molecule has 2 fully saturated rings. The third kappa shape index (κ3) is 8.94. The Morgan fingerprint density at radius 2 is 0.925 bits per heavy atom. The molecule has 0 N–H and O–H groups in total. The average molecular weight is 550 g/mol. The van der Waals surface area contributed by atoms with Gasteiger partial charge in [-0.15, -0.1) is 0 Å². The molecule has 4 rings (SSSR count). The summed E-state index contributed by atoms with van der Waals surface area (Å²) in [5.74, 6) is 0. The minimum atomic E-state index is 0.163. The Morgan fingerprint density at radius 1 is 0.500 bits per heavy atom. The maximum Gasteiger partial charge on any atom is 0.0556 e. The van der Waals surface area contributed by atoms with Gasteiger partial charge in [0.25, 0.3) is 0 Å². The predicted octanol–water partition coefficient (Wildman–Crippen LogP) is 7.20. The molecule has 40 heavy (non-hydrogen) atoms. The summed E-state index contributed by atoms with van der Waals surface area (Å²) in [5.41, 5.74) is 6.34. The van der Waals surface area contributed by atoms with Gasteiger partial charge in [0.15, 0.2) is 0 Å². The number of benzene rings is 1. The molecule has 224 valence electrons. The maximum atomic E-state index is 4.44. The summed E-state index contributed by atoms with van der Waals surface area (Å²) in [4.78, 5) is 14.6. The van der Waals surface area contributed by atoms with Gasteiger partial charge >= 0.3 is 0 Å². The number of rotatable bonds is 2. The molecule has 0 atom stereocenters. The monoisotopic (exact) mass is 549 g/mol. The molecule has 0 saturated carbocycles. The molecule has 2 aromatic rings. The number of nitrogens with zero attached hydrogens (tertiary/aromatic N) is 5. The molecule has 0 aliphatic carbocycles. The maximum absolute atomic E-state index is 4.44. The van der Waals surface area contributed by atoms with Crippen molar-refractivity contribution in [2.45, 2.75) is 105 Å². The van der Waals surface area contributed by atoms with Crippen molar-refractivity contribution in [3.63, 3.8) is 0 Å². The predicted molar refractivity (Wildman–Crippen MR) is 175 cm³/mol. The van der Waals surface area contributed by atoms with Gasteiger partial charge < -0.3 is 9.80 Å². The van der Waals surface area contributed by atoms with E-state index in [2.05, 4.69) is 138 Å². The highest BCUT2D eigenvalue weighted by molar-refractivity contribution is 5.50. The third-order valence-corrected chi connectivity index (χ3v) is 8.49. The normalized spacial score (nSPS) is 18.4. The van der Waals surface area contributed by atoms with E-state index in [0.717, 1.165) is 52.4 Å². The summed E-state index contributed by atoms with van der Waals surface area (Å²) < 4.78 is 0. The van der Waals surface area contributed by atoms with Crippen LogP contribution < -0.4 is 9.80 Å². The van der Waals surface area contributed by atoms with Crippen molar-refractivity contribution in [1.29, 1.82) is 0 Å². The van der Waals surface area contributed by atoms with Gasteiger partial charge in [0.1, 0.15) is 0 Å². The highest BCUT2D eigenvalue weighted by atomic mass is 15.3. The molecular weight excluding hydrogens is 490 g/mol. The quantitative estimate of drug-likeness (QED) is 0.394. The summed E-state index contributed by atoms with van der Waals surface area (Å²) in [6.45, 7) is 36.4. The van der Waals surface area contributed by atoms with Crippen LogP contribution in [0, 0.1) is 0 Å². The first-order valence-electron chi connectivity index (χ1n) is 15.4. The van der Waals surface area contributed by atoms with Crippen LogP contribution in [0.4, 0.5) is 11.4 Å². The summed E-state index contributed by atoms with van der Waals surface area (Å²) in [7, 11) is 0. The van der Waals surface area contributed by atoms with Crippen molar-refractivity contribution in [2.24, 2.45) is 0 Å². The van der Waals surface area contributed by atoms with Gasteiger partial charge in [0, 0.05) is 75.3 Å². The Kier molecular flexibility index (Phi) is 10.1. The van der Waals surface area contributed by atoms with Crippen LogP contribution in [0.2, 0.25) is 0 Å². The zero-order chi connectivity index (χ0) is 29.9. The van der Waals surface area contributed by atoms with E-state index in [0.29, 0.717) is 5.54 Å². The molecule has 0 radical (unpaired) electrons. The van der Waals surface area contributed by atoms with E-state index in [1.165, 1.54) is 22.5 Å². The summed E-state index contributed by atoms with van der Waals surface area (Å²) in [6, 6.07) is 11.4. The number of hydrogen-bond acceptors (Lipinski definition) is 5. The molecule has 3 heterocycles. The van der Waals surface area contributed by atoms with E-state index >= 15 is 0 Å². The van der Waals surface area contributed by atoms with Crippen molar-refractivity contribution in [3.8, 4) is 0 Å². The lowest BCUT2D eigenvalue weighted by atomic mass is 9.87. The lowest BCUT2D eigenvalue weighted by Gasteiger charge is -2.43. The minimum Gasteiger partial charge on any atom is -0.369 e. The SMILES string of the molecule is CC(C)(C)c1cccc(N2CCN(C(C)(C)C)CC2)c1.CC(C)(C)c1cncc(N2CCN(C(C)(C)C)CC2)c1. The van der Waals surface area contributed by atoms with Crippen LogP contribution in [0.25, 0.3) is 0 Å². The highest BCUT2D eigenvalue weighted by Gasteiger charge is 2.27. The molecule has 1 aromatic heterocycles. The first-order chi connectivity index (χ1) is 18.4. The molecule has 0 unspecified atom stereocenters. The first-order valence-corrected chi connectivity index (χ1v) is 15.4. The van der Waals surface area contributed by atoms with Crippen LogP contribution in [0.1, 0.15) is 94.2 Å². The van der Waals surface area contributed by atoms with E-state index in [1.54, 1.807) is 0 Å². The summed E-state index contributed by atoms with van der Waals surface area (Å²) in [6.07, 6.45) is 4.00. The van der Waals surface area contributed by atoms with Crippen LogP contribution in [-0.2, 0) is 10.8 Å². The van der Waals surface area contributed by atoms with Crippen molar-refractivity contribution in [2.75, 3.05) is 62.2 Å². The molecular formula is C35H59N5. The lowest BCUT2D eigenvalue weighted by molar-refractivity contribution is 0.128. The molecule has 2 aliphatic rings. The van der Waals surface area contributed by atoms with Crippen LogP contribution in [0.3, 0.4) is 0 Å². The lowest BCUT2D eigenvalue weighted by Crippen LogP contribution is -2.53. The molecule has 2 aliphatic heterocycles. The van der Waals surface area contributed by atoms with E-state index in [-0.39, 0.29) is 16.4 Å². The molecule has 2 saturated heterocycles. The van der Waals surface area contributed by atoms with Crippen LogP contribution >= 0.6 is 0 Å². The average Bonchev–Trinajstić information content (AvgIpc) is 2.87. The van der Waals surface area contributed by atoms with Crippen molar-refractivity contribution < 1.29 is 0 Å². The molecule has 1 aromatic carbocycles. The summed E-state index contributed by atoms with van der Waals surface area (Å²) >= 11 is 0. The molecule has 5 heteroatoms. The molecule has 0 bridgehead atoms. The van der Waals surface area contributed by atoms with Crippen molar-refractivity contribution >= 4 is 11.4 Å². The molecule has 0 spiro atoms. The van der Waals surface area contributed by atoms with Gasteiger partial charge in [-0.05, 0) is 81.7 Å². The van der Waals surface area contributed by atoms with Crippen LogP contribution in [0.15, 0.2) is 42.7 Å². The Labute approximate surface area is 247 Å². The minimum absolute atomic E-state index is 0.163. The van der Waals surface area contributed by atoms with Crippen LogP contribution in [-0.4, -0.2) is 78.2 Å².